The van der Waals surface area contributed by atoms with Crippen molar-refractivity contribution in [3.8, 4) is 0 Å². The second-order valence-electron chi connectivity index (χ2n) is 5.21. The van der Waals surface area contributed by atoms with Crippen molar-refractivity contribution in [2.24, 2.45) is 9.98 Å². The first kappa shape index (κ1) is 12.3. The Morgan fingerprint density at radius 3 is 3.10 bits per heavy atom. The van der Waals surface area contributed by atoms with E-state index in [0.29, 0.717) is 24.6 Å². The number of hydrogen-bond donors (Lipinski definition) is 0. The van der Waals surface area contributed by atoms with Gasteiger partial charge in [0, 0.05) is 30.0 Å². The molecule has 0 aromatic carbocycles. The molecular weight excluding hydrogens is 276 g/mol. The highest BCUT2D eigenvalue weighted by molar-refractivity contribution is 6.46. The van der Waals surface area contributed by atoms with Crippen LogP contribution in [0, 0.1) is 0 Å². The van der Waals surface area contributed by atoms with Gasteiger partial charge in [0.05, 0.1) is 6.61 Å². The Labute approximate surface area is 128 Å². The van der Waals surface area contributed by atoms with Crippen LogP contribution in [0.15, 0.2) is 21.6 Å². The van der Waals surface area contributed by atoms with Gasteiger partial charge in [-0.15, -0.1) is 0 Å². The Kier molecular flexibility index (Phi) is 4.15. The Balaban J connectivity index is 1.88. The molecule has 6 heteroatoms. The summed E-state index contributed by atoms with van der Waals surface area (Å²) in [4.78, 5) is 9.80. The van der Waals surface area contributed by atoms with Gasteiger partial charge in [-0.3, -0.25) is 4.99 Å². The van der Waals surface area contributed by atoms with Crippen LogP contribution in [-0.4, -0.2) is 55.8 Å². The lowest BCUT2D eigenvalue weighted by atomic mass is 10.1. The molecule has 0 N–H and O–H groups in total. The molecule has 118 valence electrons. The highest BCUT2D eigenvalue weighted by Crippen LogP contribution is 2.24. The van der Waals surface area contributed by atoms with Crippen molar-refractivity contribution in [3.05, 3.63) is 11.6 Å². The van der Waals surface area contributed by atoms with E-state index in [2.05, 4.69) is 9.98 Å². The number of rotatable bonds is 6. The predicted octanol–water partition coefficient (Wildman–Crippen LogP) is 2.90. The monoisotopic (exact) mass is 302 g/mol. The zero-order valence-corrected chi connectivity index (χ0v) is 12.2. The van der Waals surface area contributed by atoms with Gasteiger partial charge >= 0.3 is 0 Å². The molecule has 0 unspecified atom stereocenters. The molecule has 0 aliphatic carbocycles. The van der Waals surface area contributed by atoms with Crippen LogP contribution < -0.4 is 0 Å². The summed E-state index contributed by atoms with van der Waals surface area (Å²) in [5.41, 5.74) is 1.32. The van der Waals surface area contributed by atoms with Crippen LogP contribution in [0.5, 0.6) is 0 Å². The molecule has 0 atom stereocenters. The average molecular weight is 302 g/mol. The summed E-state index contributed by atoms with van der Waals surface area (Å²) >= 11 is 0. The van der Waals surface area contributed by atoms with Crippen molar-refractivity contribution in [1.82, 2.24) is 4.90 Å². The molecule has 0 bridgehead atoms. The molecule has 2 heterocycles. The molecule has 0 saturated heterocycles. The van der Waals surface area contributed by atoms with E-state index in [1.807, 2.05) is 6.08 Å². The van der Waals surface area contributed by atoms with Crippen LogP contribution in [0.2, 0.25) is 0 Å². The van der Waals surface area contributed by atoms with Crippen molar-refractivity contribution in [3.63, 3.8) is 0 Å². The van der Waals surface area contributed by atoms with Crippen molar-refractivity contribution in [2.45, 2.75) is 38.5 Å². The third kappa shape index (κ3) is 4.59. The minimum Gasteiger partial charge on any atom is -0.476 e. The van der Waals surface area contributed by atoms with E-state index >= 15 is 0 Å². The summed E-state index contributed by atoms with van der Waals surface area (Å²) < 4.78 is 54.4. The van der Waals surface area contributed by atoms with Crippen LogP contribution >= 0.6 is 0 Å². The van der Waals surface area contributed by atoms with Gasteiger partial charge in [0.15, 0.2) is 0 Å². The third-order valence-corrected chi connectivity index (χ3v) is 3.54. The minimum absolute atomic E-state index is 0.143. The summed E-state index contributed by atoms with van der Waals surface area (Å²) in [7, 11) is 0. The third-order valence-electron chi connectivity index (χ3n) is 3.54. The van der Waals surface area contributed by atoms with E-state index in [-0.39, 0.29) is 39.1 Å². The van der Waals surface area contributed by atoms with Gasteiger partial charge < -0.3 is 9.64 Å². The van der Waals surface area contributed by atoms with Crippen LogP contribution in [0.3, 0.4) is 0 Å². The topological polar surface area (TPSA) is 37.2 Å². The smallest absolute Gasteiger partial charge is 0.248 e. The lowest BCUT2D eigenvalue weighted by Crippen LogP contribution is -2.31. The van der Waals surface area contributed by atoms with E-state index in [1.165, 1.54) is 11.8 Å². The standard InChI is InChI=1S/C15H23F2N3O/c1-3-15(16,17)7-5-9-21-14-13(18-11-19-14)12-6-4-8-20(2)10-12/h6H,3-5,7-11H2,1-2H3/i2D3. The number of halogens is 2. The highest BCUT2D eigenvalue weighted by Gasteiger charge is 2.26. The number of alkyl halides is 2. The lowest BCUT2D eigenvalue weighted by molar-refractivity contribution is -0.0161. The van der Waals surface area contributed by atoms with Crippen LogP contribution in [0.25, 0.3) is 0 Å². The second kappa shape index (κ2) is 7.11. The first-order valence-electron chi connectivity index (χ1n) is 8.77. The van der Waals surface area contributed by atoms with Gasteiger partial charge in [-0.05, 0) is 25.4 Å². The second-order valence-corrected chi connectivity index (χ2v) is 5.21. The maximum Gasteiger partial charge on any atom is 0.248 e. The maximum absolute atomic E-state index is 13.2. The van der Waals surface area contributed by atoms with E-state index in [4.69, 9.17) is 8.85 Å². The van der Waals surface area contributed by atoms with Gasteiger partial charge in [0.2, 0.25) is 11.8 Å². The summed E-state index contributed by atoms with van der Waals surface area (Å²) in [6.45, 7) is 0.393. The minimum atomic E-state index is -2.66. The molecular formula is C15H23F2N3O. The quantitative estimate of drug-likeness (QED) is 0.708. The number of aliphatic imine (C=N–C) groups is 2. The Morgan fingerprint density at radius 2 is 2.33 bits per heavy atom. The molecule has 0 aromatic rings. The van der Waals surface area contributed by atoms with E-state index in [1.54, 1.807) is 0 Å². The van der Waals surface area contributed by atoms with Gasteiger partial charge in [-0.1, -0.05) is 13.0 Å². The summed E-state index contributed by atoms with van der Waals surface area (Å²) in [5, 5.41) is 0. The van der Waals surface area contributed by atoms with E-state index in [0.717, 1.165) is 5.57 Å². The number of nitrogens with zero attached hydrogens (tertiary/aromatic N) is 3. The van der Waals surface area contributed by atoms with Gasteiger partial charge in [-0.2, -0.15) is 0 Å². The van der Waals surface area contributed by atoms with Crippen molar-refractivity contribution in [2.75, 3.05) is 33.3 Å². The normalized spacial score (nSPS) is 22.8. The molecule has 0 fully saturated rings. The summed E-state index contributed by atoms with van der Waals surface area (Å²) in [5.74, 6) is -2.34. The molecule has 2 aliphatic heterocycles. The first-order valence-corrected chi connectivity index (χ1v) is 7.27. The zero-order valence-electron chi connectivity index (χ0n) is 15.2. The molecule has 0 saturated carbocycles. The van der Waals surface area contributed by atoms with Gasteiger partial charge in [0.25, 0.3) is 0 Å². The Morgan fingerprint density at radius 1 is 1.48 bits per heavy atom. The first-order chi connectivity index (χ1) is 11.2. The SMILES string of the molecule is [2H]C([2H])([2H])N1CCC=C(C2=NCN=C2OCCCC(F)(F)CC)C1. The molecule has 0 aromatic heterocycles. The molecule has 2 rings (SSSR count). The summed E-state index contributed by atoms with van der Waals surface area (Å²) in [6.07, 6.45) is 2.38. The zero-order chi connectivity index (χ0) is 17.8. The molecule has 0 radical (unpaired) electrons. The fraction of sp³-hybridized carbons (Fsp3) is 0.733. The van der Waals surface area contributed by atoms with Crippen molar-refractivity contribution >= 4 is 11.6 Å². The van der Waals surface area contributed by atoms with Crippen molar-refractivity contribution < 1.29 is 17.6 Å². The Hall–Kier alpha value is -1.30. The number of hydrogen-bond acceptors (Lipinski definition) is 4. The maximum atomic E-state index is 13.2. The Bertz CT molecular complexity index is 545. The summed E-state index contributed by atoms with van der Waals surface area (Å²) in [6, 6.07) is 0. The lowest BCUT2D eigenvalue weighted by Gasteiger charge is -2.23. The molecule has 0 spiro atoms. The molecule has 0 amide bonds. The number of ether oxygens (including phenoxy) is 1. The molecule has 2 aliphatic rings. The molecule has 4 nitrogen and oxygen atoms in total. The van der Waals surface area contributed by atoms with Gasteiger partial charge in [0.1, 0.15) is 12.4 Å². The average Bonchev–Trinajstić information content (AvgIpc) is 2.99. The van der Waals surface area contributed by atoms with Crippen LogP contribution in [0.4, 0.5) is 8.78 Å². The largest absolute Gasteiger partial charge is 0.476 e. The van der Waals surface area contributed by atoms with Crippen LogP contribution in [0.1, 0.15) is 36.7 Å². The predicted molar refractivity (Wildman–Crippen MR) is 80.4 cm³/mol. The van der Waals surface area contributed by atoms with Crippen LogP contribution in [-0.2, 0) is 4.74 Å². The fourth-order valence-electron chi connectivity index (χ4n) is 2.26. The fourth-order valence-corrected chi connectivity index (χ4v) is 2.26. The molecule has 21 heavy (non-hydrogen) atoms. The highest BCUT2D eigenvalue weighted by atomic mass is 19.3. The van der Waals surface area contributed by atoms with Crippen molar-refractivity contribution in [1.29, 1.82) is 0 Å². The van der Waals surface area contributed by atoms with E-state index < -0.39 is 12.9 Å². The van der Waals surface area contributed by atoms with Gasteiger partial charge in [-0.25, -0.2) is 13.8 Å². The van der Waals surface area contributed by atoms with E-state index in [9.17, 15) is 8.78 Å². The number of likely N-dealkylation sites (N-methyl/N-ethyl adjacent to an activating group) is 1.